The summed E-state index contributed by atoms with van der Waals surface area (Å²) in [5, 5.41) is 41.7. The molecule has 1 aromatic rings. The van der Waals surface area contributed by atoms with Gasteiger partial charge in [-0.1, -0.05) is 81.9 Å². The Morgan fingerprint density at radius 3 is 1.93 bits per heavy atom. The lowest BCUT2D eigenvalue weighted by atomic mass is 9.82. The number of hydrogen-bond donors (Lipinski definition) is 6. The van der Waals surface area contributed by atoms with Crippen molar-refractivity contribution in [2.75, 3.05) is 0 Å². The van der Waals surface area contributed by atoms with E-state index in [2.05, 4.69) is 12.2 Å². The maximum Gasteiger partial charge on any atom is 0.337 e. The molecule has 11 heteroatoms. The summed E-state index contributed by atoms with van der Waals surface area (Å²) in [6, 6.07) is 5.28. The van der Waals surface area contributed by atoms with E-state index in [1.807, 2.05) is 0 Å². The molecule has 0 heterocycles. The van der Waals surface area contributed by atoms with Crippen LogP contribution in [0.1, 0.15) is 102 Å². The fraction of sp³-hybridized carbons (Fsp3) is 0.594. The molecule has 0 saturated carbocycles. The molecule has 1 rings (SSSR count). The number of allylic oxidation sites excluding steroid dienone is 1. The van der Waals surface area contributed by atoms with Crippen LogP contribution in [0.2, 0.25) is 0 Å². The van der Waals surface area contributed by atoms with Crippen LogP contribution in [-0.4, -0.2) is 61.7 Å². The Hall–Kier alpha value is -3.57. The Bertz CT molecular complexity index is 1070. The SMILES string of the molecule is CCCCCCCC(=O)CCCCCC/C=C/[C@H](C(=O)N[C@@H](Cc1ccc(CN)cc1)C(=O)O)[C@@](O)(CC(=O)O)C(=O)O. The maximum atomic E-state index is 13.2. The van der Waals surface area contributed by atoms with E-state index in [0.29, 0.717) is 37.8 Å². The van der Waals surface area contributed by atoms with Crippen molar-refractivity contribution in [3.8, 4) is 0 Å². The number of Topliss-reactive ketones (excluding diaryl/α,β-unsaturated/α-hetero) is 1. The molecule has 0 fully saturated rings. The minimum atomic E-state index is -3.00. The predicted octanol–water partition coefficient (Wildman–Crippen LogP) is 3.99. The summed E-state index contributed by atoms with van der Waals surface area (Å²) in [7, 11) is 0. The summed E-state index contributed by atoms with van der Waals surface area (Å²) in [6.45, 7) is 2.44. The molecule has 0 aliphatic carbocycles. The second kappa shape index (κ2) is 20.4. The highest BCUT2D eigenvalue weighted by molar-refractivity contribution is 5.94. The van der Waals surface area contributed by atoms with E-state index in [1.54, 1.807) is 24.3 Å². The third-order valence-corrected chi connectivity index (χ3v) is 7.37. The van der Waals surface area contributed by atoms with Crippen molar-refractivity contribution >= 4 is 29.6 Å². The van der Waals surface area contributed by atoms with Gasteiger partial charge in [-0.25, -0.2) is 9.59 Å². The number of ketones is 1. The van der Waals surface area contributed by atoms with Gasteiger partial charge in [0.1, 0.15) is 11.8 Å². The number of nitrogens with two attached hydrogens (primary N) is 1. The second-order valence-corrected chi connectivity index (χ2v) is 11.0. The van der Waals surface area contributed by atoms with Gasteiger partial charge in [-0.2, -0.15) is 0 Å². The van der Waals surface area contributed by atoms with Gasteiger partial charge in [0.25, 0.3) is 0 Å². The lowest BCUT2D eigenvalue weighted by Crippen LogP contribution is -2.55. The van der Waals surface area contributed by atoms with Crippen molar-refractivity contribution in [2.45, 2.75) is 115 Å². The molecule has 43 heavy (non-hydrogen) atoms. The molecule has 0 unspecified atom stereocenters. The number of benzene rings is 1. The van der Waals surface area contributed by atoms with Crippen LogP contribution in [0.3, 0.4) is 0 Å². The molecular weight excluding hydrogens is 556 g/mol. The fourth-order valence-corrected chi connectivity index (χ4v) is 4.74. The summed E-state index contributed by atoms with van der Waals surface area (Å²) in [4.78, 5) is 60.5. The van der Waals surface area contributed by atoms with Gasteiger partial charge in [-0.05, 0) is 36.8 Å². The molecule has 0 spiro atoms. The van der Waals surface area contributed by atoms with Gasteiger partial charge in [0.2, 0.25) is 5.91 Å². The molecule has 0 aliphatic rings. The largest absolute Gasteiger partial charge is 0.481 e. The van der Waals surface area contributed by atoms with Gasteiger partial charge in [0.05, 0.1) is 12.3 Å². The Kier molecular flexibility index (Phi) is 17.7. The molecule has 3 atom stereocenters. The Morgan fingerprint density at radius 1 is 0.860 bits per heavy atom. The first-order valence-corrected chi connectivity index (χ1v) is 15.1. The van der Waals surface area contributed by atoms with Crippen molar-refractivity contribution in [3.05, 3.63) is 47.5 Å². The summed E-state index contributed by atoms with van der Waals surface area (Å²) in [5.41, 5.74) is 3.98. The Balaban J connectivity index is 2.79. The Labute approximate surface area is 253 Å². The van der Waals surface area contributed by atoms with Gasteiger partial charge < -0.3 is 31.5 Å². The van der Waals surface area contributed by atoms with Crippen molar-refractivity contribution in [2.24, 2.45) is 11.7 Å². The summed E-state index contributed by atoms with van der Waals surface area (Å²) in [6.07, 6.45) is 11.3. The number of carbonyl (C=O) groups is 5. The first-order valence-electron chi connectivity index (χ1n) is 15.1. The average molecular weight is 605 g/mol. The summed E-state index contributed by atoms with van der Waals surface area (Å²) in [5.74, 6) is -7.66. The van der Waals surface area contributed by atoms with Crippen molar-refractivity contribution in [1.82, 2.24) is 5.32 Å². The standard InChI is InChI=1S/C32H48N2O9/c1-2-3-4-7-10-13-25(35)14-11-8-5-6-9-12-15-26(32(43,31(41)42)21-28(36)37)29(38)34-27(30(39)40)20-23-16-18-24(22-33)19-17-23/h12,15-19,26-27,43H,2-11,13-14,20-22,33H2,1H3,(H,34,38)(H,36,37)(H,39,40)(H,41,42)/b15-12+/t26-,27+,32+/m1/s1. The number of rotatable bonds is 24. The topological polar surface area (TPSA) is 204 Å². The molecular formula is C32H48N2O9. The third kappa shape index (κ3) is 14.4. The number of carboxylic acid groups (broad SMARTS) is 3. The predicted molar refractivity (Wildman–Crippen MR) is 161 cm³/mol. The second-order valence-electron chi connectivity index (χ2n) is 11.0. The van der Waals surface area contributed by atoms with Crippen LogP contribution in [0.25, 0.3) is 0 Å². The number of carboxylic acids is 3. The van der Waals surface area contributed by atoms with E-state index < -0.39 is 47.8 Å². The summed E-state index contributed by atoms with van der Waals surface area (Å²) < 4.78 is 0. The van der Waals surface area contributed by atoms with Crippen molar-refractivity contribution in [3.63, 3.8) is 0 Å². The van der Waals surface area contributed by atoms with Gasteiger partial charge >= 0.3 is 17.9 Å². The maximum absolute atomic E-state index is 13.2. The molecule has 1 aromatic carbocycles. The molecule has 0 radical (unpaired) electrons. The molecule has 0 bridgehead atoms. The van der Waals surface area contributed by atoms with Crippen molar-refractivity contribution in [1.29, 1.82) is 0 Å². The quantitative estimate of drug-likeness (QED) is 0.0739. The third-order valence-electron chi connectivity index (χ3n) is 7.37. The molecule has 11 nitrogen and oxygen atoms in total. The van der Waals surface area contributed by atoms with Crippen LogP contribution < -0.4 is 11.1 Å². The van der Waals surface area contributed by atoms with Crippen LogP contribution in [0.4, 0.5) is 0 Å². The van der Waals surface area contributed by atoms with Crippen LogP contribution in [-0.2, 0) is 36.9 Å². The molecule has 0 aliphatic heterocycles. The van der Waals surface area contributed by atoms with Gasteiger partial charge in [0, 0.05) is 25.8 Å². The minimum absolute atomic E-state index is 0.131. The smallest absolute Gasteiger partial charge is 0.337 e. The highest BCUT2D eigenvalue weighted by atomic mass is 16.4. The Morgan fingerprint density at radius 2 is 1.42 bits per heavy atom. The molecule has 1 amide bonds. The number of unbranched alkanes of at least 4 members (excludes halogenated alkanes) is 8. The number of nitrogens with one attached hydrogen (secondary N) is 1. The fourth-order valence-electron chi connectivity index (χ4n) is 4.74. The average Bonchev–Trinajstić information content (AvgIpc) is 2.95. The van der Waals surface area contributed by atoms with E-state index in [0.717, 1.165) is 56.6 Å². The highest BCUT2D eigenvalue weighted by Gasteiger charge is 2.49. The molecule has 7 N–H and O–H groups in total. The number of amides is 1. The van der Waals surface area contributed by atoms with E-state index in [-0.39, 0.29) is 12.2 Å². The normalized spacial score (nSPS) is 14.1. The first kappa shape index (κ1) is 37.5. The highest BCUT2D eigenvalue weighted by Crippen LogP contribution is 2.26. The van der Waals surface area contributed by atoms with E-state index in [4.69, 9.17) is 5.73 Å². The van der Waals surface area contributed by atoms with Gasteiger partial charge in [-0.3, -0.25) is 14.4 Å². The molecule has 0 saturated heterocycles. The number of hydrogen-bond acceptors (Lipinski definition) is 7. The van der Waals surface area contributed by atoms with Crippen LogP contribution in [0.5, 0.6) is 0 Å². The molecule has 0 aromatic heterocycles. The van der Waals surface area contributed by atoms with Gasteiger partial charge in [0.15, 0.2) is 5.60 Å². The van der Waals surface area contributed by atoms with E-state index >= 15 is 0 Å². The van der Waals surface area contributed by atoms with E-state index in [9.17, 15) is 44.4 Å². The van der Waals surface area contributed by atoms with Crippen molar-refractivity contribution < 1.29 is 44.4 Å². The monoisotopic (exact) mass is 604 g/mol. The lowest BCUT2D eigenvalue weighted by Gasteiger charge is -2.29. The lowest BCUT2D eigenvalue weighted by molar-refractivity contribution is -0.172. The summed E-state index contributed by atoms with van der Waals surface area (Å²) >= 11 is 0. The number of aliphatic carboxylic acids is 3. The zero-order valence-corrected chi connectivity index (χ0v) is 25.1. The number of carbonyl (C=O) groups excluding carboxylic acids is 2. The van der Waals surface area contributed by atoms with Crippen LogP contribution >= 0.6 is 0 Å². The zero-order chi connectivity index (χ0) is 32.3. The first-order chi connectivity index (χ1) is 20.4. The zero-order valence-electron chi connectivity index (χ0n) is 25.1. The number of aliphatic hydroxyl groups is 1. The molecule has 240 valence electrons. The van der Waals surface area contributed by atoms with Crippen LogP contribution in [0, 0.1) is 5.92 Å². The van der Waals surface area contributed by atoms with E-state index in [1.165, 1.54) is 12.5 Å². The van der Waals surface area contributed by atoms with Crippen LogP contribution in [0.15, 0.2) is 36.4 Å². The minimum Gasteiger partial charge on any atom is -0.481 e. The van der Waals surface area contributed by atoms with Gasteiger partial charge in [-0.15, -0.1) is 0 Å².